The summed E-state index contributed by atoms with van der Waals surface area (Å²) in [7, 11) is 1.53. The normalized spacial score (nSPS) is 18.6. The maximum atomic E-state index is 11.9. The van der Waals surface area contributed by atoms with Crippen molar-refractivity contribution >= 4 is 11.8 Å². The second-order valence-electron chi connectivity index (χ2n) is 4.13. The number of aromatic nitrogens is 1. The molecule has 0 radical (unpaired) electrons. The summed E-state index contributed by atoms with van der Waals surface area (Å²) in [5.74, 6) is 0.233. The standard InChI is InChI=1S/C12H16N4O3/c1-19-12-8(3-2-4-13-12)5-16-11(18)9-6-15-10(17)7-14-9/h2-4,9,14H,5-7H2,1H3,(H,15,17)(H,16,18). The van der Waals surface area contributed by atoms with Crippen molar-refractivity contribution in [2.45, 2.75) is 12.6 Å². The molecule has 1 aliphatic rings. The van der Waals surface area contributed by atoms with Gasteiger partial charge in [-0.1, -0.05) is 6.07 Å². The van der Waals surface area contributed by atoms with Gasteiger partial charge in [0, 0.05) is 24.8 Å². The number of nitrogens with one attached hydrogen (secondary N) is 3. The fraction of sp³-hybridized carbons (Fsp3) is 0.417. The number of amides is 2. The molecule has 1 fully saturated rings. The summed E-state index contributed by atoms with van der Waals surface area (Å²) in [6.45, 7) is 0.797. The molecule has 19 heavy (non-hydrogen) atoms. The summed E-state index contributed by atoms with van der Waals surface area (Å²) in [5, 5.41) is 8.28. The molecule has 1 saturated heterocycles. The fourth-order valence-corrected chi connectivity index (χ4v) is 1.80. The van der Waals surface area contributed by atoms with Crippen molar-refractivity contribution < 1.29 is 14.3 Å². The van der Waals surface area contributed by atoms with Crippen molar-refractivity contribution in [3.63, 3.8) is 0 Å². The van der Waals surface area contributed by atoms with Crippen LogP contribution in [-0.4, -0.2) is 43.0 Å². The van der Waals surface area contributed by atoms with Gasteiger partial charge in [0.15, 0.2) is 0 Å². The molecular weight excluding hydrogens is 248 g/mol. The molecule has 2 amide bonds. The molecule has 3 N–H and O–H groups in total. The van der Waals surface area contributed by atoms with E-state index in [2.05, 4.69) is 20.9 Å². The lowest BCUT2D eigenvalue weighted by Gasteiger charge is -2.23. The van der Waals surface area contributed by atoms with E-state index in [1.807, 2.05) is 6.07 Å². The smallest absolute Gasteiger partial charge is 0.239 e. The summed E-state index contributed by atoms with van der Waals surface area (Å²) in [6.07, 6.45) is 1.63. The molecule has 2 rings (SSSR count). The number of pyridine rings is 1. The third-order valence-corrected chi connectivity index (χ3v) is 2.83. The van der Waals surface area contributed by atoms with E-state index in [4.69, 9.17) is 4.74 Å². The molecular formula is C12H16N4O3. The SMILES string of the molecule is COc1ncccc1CNC(=O)C1CNC(=O)CN1. The Morgan fingerprint density at radius 3 is 3.16 bits per heavy atom. The molecule has 7 nitrogen and oxygen atoms in total. The van der Waals surface area contributed by atoms with E-state index in [0.717, 1.165) is 5.56 Å². The van der Waals surface area contributed by atoms with E-state index in [0.29, 0.717) is 19.0 Å². The third kappa shape index (κ3) is 3.41. The average Bonchev–Trinajstić information content (AvgIpc) is 2.45. The van der Waals surface area contributed by atoms with Crippen molar-refractivity contribution in [2.75, 3.05) is 20.2 Å². The van der Waals surface area contributed by atoms with E-state index < -0.39 is 6.04 Å². The van der Waals surface area contributed by atoms with Crippen LogP contribution in [-0.2, 0) is 16.1 Å². The second kappa shape index (κ2) is 6.14. The molecule has 1 aromatic heterocycles. The van der Waals surface area contributed by atoms with E-state index in [1.165, 1.54) is 7.11 Å². The largest absolute Gasteiger partial charge is 0.481 e. The van der Waals surface area contributed by atoms with Gasteiger partial charge in [-0.05, 0) is 6.07 Å². The lowest BCUT2D eigenvalue weighted by Crippen LogP contribution is -2.57. The van der Waals surface area contributed by atoms with Crippen molar-refractivity contribution in [2.24, 2.45) is 0 Å². The minimum absolute atomic E-state index is 0.0991. The number of hydrogen-bond donors (Lipinski definition) is 3. The first-order valence-corrected chi connectivity index (χ1v) is 5.96. The van der Waals surface area contributed by atoms with Crippen LogP contribution in [0.1, 0.15) is 5.56 Å². The van der Waals surface area contributed by atoms with E-state index in [1.54, 1.807) is 12.3 Å². The summed E-state index contributed by atoms with van der Waals surface area (Å²) in [6, 6.07) is 3.21. The average molecular weight is 264 g/mol. The van der Waals surface area contributed by atoms with Gasteiger partial charge in [-0.2, -0.15) is 0 Å². The summed E-state index contributed by atoms with van der Waals surface area (Å²) < 4.78 is 5.10. The predicted molar refractivity (Wildman–Crippen MR) is 67.4 cm³/mol. The number of carbonyl (C=O) groups is 2. The number of rotatable bonds is 4. The zero-order valence-electron chi connectivity index (χ0n) is 10.6. The first-order chi connectivity index (χ1) is 9.20. The Balaban J connectivity index is 1.88. The van der Waals surface area contributed by atoms with Gasteiger partial charge in [0.1, 0.15) is 6.04 Å². The van der Waals surface area contributed by atoms with Gasteiger partial charge in [0.25, 0.3) is 0 Å². The number of carbonyl (C=O) groups excluding carboxylic acids is 2. The topological polar surface area (TPSA) is 92.3 Å². The van der Waals surface area contributed by atoms with Crippen LogP contribution < -0.4 is 20.7 Å². The maximum Gasteiger partial charge on any atom is 0.239 e. The molecule has 1 atom stereocenters. The Morgan fingerprint density at radius 2 is 2.47 bits per heavy atom. The molecule has 1 aliphatic heterocycles. The highest BCUT2D eigenvalue weighted by atomic mass is 16.5. The second-order valence-corrected chi connectivity index (χ2v) is 4.13. The van der Waals surface area contributed by atoms with Crippen LogP contribution in [0.4, 0.5) is 0 Å². The van der Waals surface area contributed by atoms with Gasteiger partial charge in [0.2, 0.25) is 17.7 Å². The van der Waals surface area contributed by atoms with E-state index in [9.17, 15) is 9.59 Å². The van der Waals surface area contributed by atoms with Crippen LogP contribution in [0.2, 0.25) is 0 Å². The van der Waals surface area contributed by atoms with Gasteiger partial charge in [-0.25, -0.2) is 4.98 Å². The Hall–Kier alpha value is -2.15. The van der Waals surface area contributed by atoms with Crippen LogP contribution in [0, 0.1) is 0 Å². The van der Waals surface area contributed by atoms with Crippen LogP contribution in [0.3, 0.4) is 0 Å². The van der Waals surface area contributed by atoms with Gasteiger partial charge in [-0.15, -0.1) is 0 Å². The summed E-state index contributed by atoms with van der Waals surface area (Å²) in [5.41, 5.74) is 0.804. The molecule has 102 valence electrons. The fourth-order valence-electron chi connectivity index (χ4n) is 1.80. The lowest BCUT2D eigenvalue weighted by molar-refractivity contribution is -0.126. The van der Waals surface area contributed by atoms with Gasteiger partial charge < -0.3 is 15.4 Å². The molecule has 0 aromatic carbocycles. The molecule has 1 unspecified atom stereocenters. The highest BCUT2D eigenvalue weighted by molar-refractivity contribution is 5.86. The molecule has 0 bridgehead atoms. The molecule has 0 saturated carbocycles. The number of methoxy groups -OCH3 is 1. The quantitative estimate of drug-likeness (QED) is 0.635. The van der Waals surface area contributed by atoms with Gasteiger partial charge in [-0.3, -0.25) is 14.9 Å². The summed E-state index contributed by atoms with van der Waals surface area (Å²) >= 11 is 0. The Bertz CT molecular complexity index is 468. The third-order valence-electron chi connectivity index (χ3n) is 2.83. The van der Waals surface area contributed by atoms with Crippen LogP contribution in [0.15, 0.2) is 18.3 Å². The predicted octanol–water partition coefficient (Wildman–Crippen LogP) is -1.21. The Morgan fingerprint density at radius 1 is 1.63 bits per heavy atom. The molecule has 1 aromatic rings. The first kappa shape index (κ1) is 13.3. The zero-order valence-corrected chi connectivity index (χ0v) is 10.6. The van der Waals surface area contributed by atoms with Crippen LogP contribution >= 0.6 is 0 Å². The minimum atomic E-state index is -0.402. The molecule has 7 heteroatoms. The van der Waals surface area contributed by atoms with Crippen molar-refractivity contribution in [1.82, 2.24) is 20.9 Å². The number of ether oxygens (including phenoxy) is 1. The van der Waals surface area contributed by atoms with Crippen molar-refractivity contribution in [3.8, 4) is 5.88 Å². The molecule has 2 heterocycles. The van der Waals surface area contributed by atoms with Gasteiger partial charge in [0.05, 0.1) is 13.7 Å². The van der Waals surface area contributed by atoms with Gasteiger partial charge >= 0.3 is 0 Å². The van der Waals surface area contributed by atoms with Crippen LogP contribution in [0.5, 0.6) is 5.88 Å². The minimum Gasteiger partial charge on any atom is -0.481 e. The lowest BCUT2D eigenvalue weighted by atomic mass is 10.2. The first-order valence-electron chi connectivity index (χ1n) is 5.96. The molecule has 0 spiro atoms. The number of nitrogens with zero attached hydrogens (tertiary/aromatic N) is 1. The Labute approximate surface area is 110 Å². The monoisotopic (exact) mass is 264 g/mol. The maximum absolute atomic E-state index is 11.9. The van der Waals surface area contributed by atoms with Crippen LogP contribution in [0.25, 0.3) is 0 Å². The Kier molecular flexibility index (Phi) is 4.30. The van der Waals surface area contributed by atoms with E-state index in [-0.39, 0.29) is 18.4 Å². The van der Waals surface area contributed by atoms with E-state index >= 15 is 0 Å². The van der Waals surface area contributed by atoms with Crippen molar-refractivity contribution in [1.29, 1.82) is 0 Å². The van der Waals surface area contributed by atoms with Crippen molar-refractivity contribution in [3.05, 3.63) is 23.9 Å². The molecule has 0 aliphatic carbocycles. The number of hydrogen-bond acceptors (Lipinski definition) is 5. The highest BCUT2D eigenvalue weighted by Crippen LogP contribution is 2.12. The summed E-state index contributed by atoms with van der Waals surface area (Å²) in [4.78, 5) is 26.9. The highest BCUT2D eigenvalue weighted by Gasteiger charge is 2.23. The zero-order chi connectivity index (χ0) is 13.7. The number of piperazine rings is 1.